The minimum Gasteiger partial charge on any atom is -0.354 e. The van der Waals surface area contributed by atoms with E-state index >= 15 is 0 Å². The molecule has 0 unspecified atom stereocenters. The number of hydrogen-bond acceptors (Lipinski definition) is 1. The zero-order chi connectivity index (χ0) is 7.84. The van der Waals surface area contributed by atoms with Gasteiger partial charge in [-0.1, -0.05) is 0 Å². The number of rotatable bonds is 0. The highest BCUT2D eigenvalue weighted by molar-refractivity contribution is 7.98. The first-order chi connectivity index (χ1) is 5.29. The quantitative estimate of drug-likeness (QED) is 0.573. The molecule has 0 amide bonds. The maximum absolute atomic E-state index is 2.28. The van der Waals surface area contributed by atoms with Crippen molar-refractivity contribution >= 4 is 11.8 Å². The van der Waals surface area contributed by atoms with E-state index in [1.165, 1.54) is 23.5 Å². The molecule has 0 atom stereocenters. The van der Waals surface area contributed by atoms with Gasteiger partial charge in [0, 0.05) is 24.7 Å². The molecule has 0 fully saturated rings. The Morgan fingerprint density at radius 2 is 2.36 bits per heavy atom. The molecule has 1 nitrogen and oxygen atoms in total. The Hall–Kier alpha value is -0.370. The minimum absolute atomic E-state index is 1.22. The van der Waals surface area contributed by atoms with Crippen molar-refractivity contribution in [2.75, 3.05) is 5.75 Å². The Kier molecular flexibility index (Phi) is 1.72. The molecule has 0 bridgehead atoms. The fourth-order valence-corrected chi connectivity index (χ4v) is 2.83. The van der Waals surface area contributed by atoms with Gasteiger partial charge >= 0.3 is 0 Å². The van der Waals surface area contributed by atoms with Crippen molar-refractivity contribution in [3.05, 3.63) is 23.0 Å². The summed E-state index contributed by atoms with van der Waals surface area (Å²) in [5.74, 6) is 2.52. The smallest absolute Gasteiger partial charge is 0.0223 e. The number of fused-ring (bicyclic) bond motifs is 1. The van der Waals surface area contributed by atoms with Crippen LogP contribution in [0.3, 0.4) is 0 Å². The third-order valence-corrected chi connectivity index (χ3v) is 3.35. The van der Waals surface area contributed by atoms with Crippen LogP contribution in [0.25, 0.3) is 0 Å². The predicted octanol–water partition coefficient (Wildman–Crippen LogP) is 2.12. The van der Waals surface area contributed by atoms with Gasteiger partial charge < -0.3 is 4.57 Å². The second-order valence-corrected chi connectivity index (χ2v) is 4.26. The van der Waals surface area contributed by atoms with Gasteiger partial charge in [0.15, 0.2) is 0 Å². The van der Waals surface area contributed by atoms with E-state index in [4.69, 9.17) is 0 Å². The van der Waals surface area contributed by atoms with Gasteiger partial charge in [0.25, 0.3) is 0 Å². The number of hydrogen-bond donors (Lipinski definition) is 0. The number of nitrogens with zero attached hydrogens (tertiary/aromatic N) is 1. The summed E-state index contributed by atoms with van der Waals surface area (Å²) < 4.78 is 2.28. The Balaban J connectivity index is 2.52. The third-order valence-electron chi connectivity index (χ3n) is 2.37. The topological polar surface area (TPSA) is 4.93 Å². The molecule has 0 N–H and O–H groups in total. The first-order valence-electron chi connectivity index (χ1n) is 4.00. The van der Waals surface area contributed by atoms with Gasteiger partial charge in [-0.3, -0.25) is 0 Å². The average molecular weight is 167 g/mol. The van der Waals surface area contributed by atoms with Crippen LogP contribution in [0.15, 0.2) is 6.20 Å². The second kappa shape index (κ2) is 2.59. The number of aromatic nitrogens is 1. The van der Waals surface area contributed by atoms with Crippen molar-refractivity contribution in [2.45, 2.75) is 19.1 Å². The van der Waals surface area contributed by atoms with E-state index in [1.54, 1.807) is 11.3 Å². The van der Waals surface area contributed by atoms with Crippen molar-refractivity contribution in [1.82, 2.24) is 4.57 Å². The van der Waals surface area contributed by atoms with Gasteiger partial charge in [-0.05, 0) is 30.2 Å². The van der Waals surface area contributed by atoms with Crippen LogP contribution in [0.5, 0.6) is 0 Å². The normalized spacial score (nSPS) is 16.5. The van der Waals surface area contributed by atoms with E-state index in [0.717, 1.165) is 0 Å². The molecule has 0 spiro atoms. The monoisotopic (exact) mass is 167 g/mol. The molecule has 0 aliphatic carbocycles. The predicted molar refractivity (Wildman–Crippen MR) is 50.0 cm³/mol. The molecule has 1 aliphatic rings. The van der Waals surface area contributed by atoms with Crippen molar-refractivity contribution in [3.63, 3.8) is 0 Å². The summed E-state index contributed by atoms with van der Waals surface area (Å²) in [7, 11) is 2.15. The lowest BCUT2D eigenvalue weighted by Crippen LogP contribution is -2.05. The van der Waals surface area contributed by atoms with Gasteiger partial charge in [-0.25, -0.2) is 0 Å². The summed E-state index contributed by atoms with van der Waals surface area (Å²) in [5, 5.41) is 0. The summed E-state index contributed by atoms with van der Waals surface area (Å²) in [6, 6.07) is 0. The lowest BCUT2D eigenvalue weighted by Gasteiger charge is -2.13. The maximum atomic E-state index is 2.28. The van der Waals surface area contributed by atoms with Crippen molar-refractivity contribution in [3.8, 4) is 0 Å². The van der Waals surface area contributed by atoms with Gasteiger partial charge in [-0.2, -0.15) is 11.8 Å². The van der Waals surface area contributed by atoms with Gasteiger partial charge in [0.2, 0.25) is 0 Å². The highest BCUT2D eigenvalue weighted by Crippen LogP contribution is 2.27. The van der Waals surface area contributed by atoms with Crippen molar-refractivity contribution < 1.29 is 0 Å². The molecule has 0 saturated heterocycles. The fourth-order valence-electron chi connectivity index (χ4n) is 1.75. The number of thioether (sulfide) groups is 1. The molecule has 1 aromatic rings. The summed E-state index contributed by atoms with van der Waals surface area (Å²) in [6.07, 6.45) is 3.50. The first-order valence-corrected chi connectivity index (χ1v) is 5.16. The third kappa shape index (κ3) is 1.09. The van der Waals surface area contributed by atoms with Crippen molar-refractivity contribution in [1.29, 1.82) is 0 Å². The molecule has 11 heavy (non-hydrogen) atoms. The molecule has 2 heteroatoms. The zero-order valence-corrected chi connectivity index (χ0v) is 7.87. The van der Waals surface area contributed by atoms with Crippen LogP contribution in [0.2, 0.25) is 0 Å². The first kappa shape index (κ1) is 7.29. The van der Waals surface area contributed by atoms with Crippen LogP contribution < -0.4 is 0 Å². The summed E-state index contributed by atoms with van der Waals surface area (Å²) >= 11 is 2.05. The minimum atomic E-state index is 1.22. The van der Waals surface area contributed by atoms with E-state index in [0.29, 0.717) is 0 Å². The van der Waals surface area contributed by atoms with E-state index in [9.17, 15) is 0 Å². The summed E-state index contributed by atoms with van der Waals surface area (Å²) in [6.45, 7) is 2.21. The molecular weight excluding hydrogens is 154 g/mol. The Bertz CT molecular complexity index is 249. The second-order valence-electron chi connectivity index (χ2n) is 3.15. The van der Waals surface area contributed by atoms with E-state index in [-0.39, 0.29) is 0 Å². The van der Waals surface area contributed by atoms with E-state index in [1.807, 2.05) is 0 Å². The highest BCUT2D eigenvalue weighted by atomic mass is 32.2. The Morgan fingerprint density at radius 3 is 3.09 bits per heavy atom. The standard InChI is InChI=1S/C9H13NS/c1-7-5-10(2)9-3-4-11-6-8(7)9/h5H,3-4,6H2,1-2H3. The van der Waals surface area contributed by atoms with Crippen LogP contribution >= 0.6 is 11.8 Å². The van der Waals surface area contributed by atoms with Crippen LogP contribution in [0, 0.1) is 6.92 Å². The van der Waals surface area contributed by atoms with E-state index < -0.39 is 0 Å². The van der Waals surface area contributed by atoms with Crippen molar-refractivity contribution in [2.24, 2.45) is 7.05 Å². The Labute approximate surface area is 71.8 Å². The molecule has 0 aromatic carbocycles. The molecule has 1 aromatic heterocycles. The molecule has 60 valence electrons. The SMILES string of the molecule is Cc1cn(C)c2c1CSCC2. The average Bonchev–Trinajstić information content (AvgIpc) is 2.30. The van der Waals surface area contributed by atoms with Crippen LogP contribution in [0.4, 0.5) is 0 Å². The maximum Gasteiger partial charge on any atom is 0.0223 e. The Morgan fingerprint density at radius 1 is 1.55 bits per heavy atom. The molecular formula is C9H13NS. The summed E-state index contributed by atoms with van der Waals surface area (Å²) in [4.78, 5) is 0. The lowest BCUT2D eigenvalue weighted by molar-refractivity contribution is 0.828. The molecule has 0 radical (unpaired) electrons. The molecule has 2 heterocycles. The van der Waals surface area contributed by atoms with Crippen LogP contribution in [-0.4, -0.2) is 10.3 Å². The molecule has 2 rings (SSSR count). The van der Waals surface area contributed by atoms with Gasteiger partial charge in [-0.15, -0.1) is 0 Å². The number of aryl methyl sites for hydroxylation is 2. The van der Waals surface area contributed by atoms with Gasteiger partial charge in [0.05, 0.1) is 0 Å². The molecule has 0 saturated carbocycles. The van der Waals surface area contributed by atoms with Crippen LogP contribution in [0.1, 0.15) is 16.8 Å². The lowest BCUT2D eigenvalue weighted by atomic mass is 10.1. The fraction of sp³-hybridized carbons (Fsp3) is 0.556. The zero-order valence-electron chi connectivity index (χ0n) is 7.05. The van der Waals surface area contributed by atoms with E-state index in [2.05, 4.69) is 36.5 Å². The molecule has 1 aliphatic heterocycles. The highest BCUT2D eigenvalue weighted by Gasteiger charge is 2.14. The largest absolute Gasteiger partial charge is 0.354 e. The van der Waals surface area contributed by atoms with Crippen LogP contribution in [-0.2, 0) is 19.2 Å². The van der Waals surface area contributed by atoms with Gasteiger partial charge in [0.1, 0.15) is 0 Å². The summed E-state index contributed by atoms with van der Waals surface area (Å²) in [5.41, 5.74) is 4.61.